The number of hydrogen-bond acceptors (Lipinski definition) is 2. The minimum atomic E-state index is -0.328. The predicted molar refractivity (Wildman–Crippen MR) is 216 cm³/mol. The fourth-order valence-electron chi connectivity index (χ4n) is 9.08. The van der Waals surface area contributed by atoms with Gasteiger partial charge in [-0.05, 0) is 105 Å². The van der Waals surface area contributed by atoms with Gasteiger partial charge in [0.1, 0.15) is 11.2 Å². The lowest BCUT2D eigenvalue weighted by molar-refractivity contribution is 0.667. The molecule has 1 aromatic heterocycles. The molecule has 11 rings (SSSR count). The van der Waals surface area contributed by atoms with Gasteiger partial charge in [0.05, 0.1) is 16.8 Å². The third-order valence-corrected chi connectivity index (χ3v) is 11.5. The van der Waals surface area contributed by atoms with E-state index < -0.39 is 0 Å². The second kappa shape index (κ2) is 10.9. The van der Waals surface area contributed by atoms with Crippen molar-refractivity contribution >= 4 is 39.0 Å². The van der Waals surface area contributed by atoms with E-state index in [1.54, 1.807) is 0 Å². The standard InChI is InChI=1S/C50H33NO/c1-50-33-26-29-47-42(30-33)49-46(24-13-25-48(49)52-47)51(34-27-28-40(44(50)31-34)39-20-9-11-22-43(39)50)45-23-12-10-21-41(45)38-19-8-7-18-37(38)36-17-6-5-16-35(36)32-14-3-2-4-15-32/h2-31H,1H3. The molecule has 0 N–H and O–H groups in total. The van der Waals surface area contributed by atoms with E-state index in [1.165, 1.54) is 55.6 Å². The summed E-state index contributed by atoms with van der Waals surface area (Å²) in [7, 11) is 0. The summed E-state index contributed by atoms with van der Waals surface area (Å²) in [6, 6.07) is 66.5. The Kier molecular flexibility index (Phi) is 6.12. The maximum absolute atomic E-state index is 6.61. The van der Waals surface area contributed by atoms with Gasteiger partial charge in [0.15, 0.2) is 0 Å². The Bertz CT molecular complexity index is 2880. The monoisotopic (exact) mass is 663 g/mol. The van der Waals surface area contributed by atoms with Crippen molar-refractivity contribution in [2.75, 3.05) is 4.90 Å². The van der Waals surface area contributed by atoms with Crippen LogP contribution in [0.3, 0.4) is 0 Å². The first kappa shape index (κ1) is 29.1. The SMILES string of the molecule is CC12c3ccc4oc5cccc(c5c4c3)N(c3ccccc3-c3ccccc3-c3ccccc3-c3ccccc3)c3ccc(c1c3)-c1ccccc12. The summed E-state index contributed by atoms with van der Waals surface area (Å²) >= 11 is 0. The van der Waals surface area contributed by atoms with E-state index in [0.717, 1.165) is 44.6 Å². The van der Waals surface area contributed by atoms with Crippen molar-refractivity contribution < 1.29 is 4.42 Å². The molecule has 244 valence electrons. The average Bonchev–Trinajstić information content (AvgIpc) is 3.71. The summed E-state index contributed by atoms with van der Waals surface area (Å²) in [5, 5.41) is 2.26. The van der Waals surface area contributed by atoms with Gasteiger partial charge in [0, 0.05) is 22.1 Å². The van der Waals surface area contributed by atoms with E-state index in [1.807, 2.05) is 0 Å². The van der Waals surface area contributed by atoms with Gasteiger partial charge in [-0.15, -0.1) is 0 Å². The molecule has 0 saturated heterocycles. The lowest BCUT2D eigenvalue weighted by atomic mass is 9.73. The van der Waals surface area contributed by atoms with Gasteiger partial charge in [-0.3, -0.25) is 0 Å². The third-order valence-electron chi connectivity index (χ3n) is 11.5. The Morgan fingerprint density at radius 1 is 0.423 bits per heavy atom. The summed E-state index contributed by atoms with van der Waals surface area (Å²) in [5.41, 5.74) is 18.5. The normalized spacial score (nSPS) is 15.4. The first-order valence-corrected chi connectivity index (χ1v) is 18.0. The van der Waals surface area contributed by atoms with Crippen LogP contribution in [0.2, 0.25) is 0 Å². The van der Waals surface area contributed by atoms with Gasteiger partial charge in [-0.25, -0.2) is 0 Å². The van der Waals surface area contributed by atoms with Crippen LogP contribution in [0.25, 0.3) is 66.4 Å². The Morgan fingerprint density at radius 2 is 1.04 bits per heavy atom. The summed E-state index contributed by atoms with van der Waals surface area (Å²) in [5.74, 6) is 0. The second-order valence-electron chi connectivity index (χ2n) is 14.2. The lowest BCUT2D eigenvalue weighted by Crippen LogP contribution is -2.23. The van der Waals surface area contributed by atoms with E-state index in [-0.39, 0.29) is 5.41 Å². The highest BCUT2D eigenvalue weighted by atomic mass is 16.3. The molecule has 4 bridgehead atoms. The van der Waals surface area contributed by atoms with Crippen LogP contribution in [0.4, 0.5) is 17.1 Å². The first-order valence-electron chi connectivity index (χ1n) is 18.0. The first-order chi connectivity index (χ1) is 25.7. The Labute approximate surface area is 302 Å². The zero-order valence-electron chi connectivity index (χ0n) is 28.7. The zero-order valence-corrected chi connectivity index (χ0v) is 28.7. The van der Waals surface area contributed by atoms with Gasteiger partial charge >= 0.3 is 0 Å². The van der Waals surface area contributed by atoms with Crippen LogP contribution in [-0.4, -0.2) is 0 Å². The van der Waals surface area contributed by atoms with Crippen molar-refractivity contribution in [1.29, 1.82) is 0 Å². The quantitative estimate of drug-likeness (QED) is 0.186. The number of furan rings is 1. The van der Waals surface area contributed by atoms with Gasteiger partial charge in [0.2, 0.25) is 0 Å². The van der Waals surface area contributed by atoms with Gasteiger partial charge < -0.3 is 9.32 Å². The Morgan fingerprint density at radius 3 is 1.85 bits per heavy atom. The number of rotatable bonds is 4. The lowest BCUT2D eigenvalue weighted by Gasteiger charge is -2.33. The van der Waals surface area contributed by atoms with Crippen LogP contribution in [0.1, 0.15) is 23.6 Å². The molecule has 2 heterocycles. The highest BCUT2D eigenvalue weighted by molar-refractivity contribution is 6.14. The molecule has 0 spiro atoms. The van der Waals surface area contributed by atoms with Crippen LogP contribution in [0.5, 0.6) is 0 Å². The number of benzene rings is 8. The molecule has 0 radical (unpaired) electrons. The Hall–Kier alpha value is -6.64. The minimum Gasteiger partial charge on any atom is -0.456 e. The highest BCUT2D eigenvalue weighted by Crippen LogP contribution is 2.56. The molecule has 1 atom stereocenters. The van der Waals surface area contributed by atoms with E-state index >= 15 is 0 Å². The molecular formula is C50H33NO. The smallest absolute Gasteiger partial charge is 0.137 e. The highest BCUT2D eigenvalue weighted by Gasteiger charge is 2.42. The van der Waals surface area contributed by atoms with Crippen molar-refractivity contribution in [3.05, 3.63) is 199 Å². The topological polar surface area (TPSA) is 16.4 Å². The maximum atomic E-state index is 6.61. The molecular weight excluding hydrogens is 631 g/mol. The number of anilines is 3. The van der Waals surface area contributed by atoms with E-state index in [0.29, 0.717) is 0 Å². The molecule has 0 saturated carbocycles. The fraction of sp³-hybridized carbons (Fsp3) is 0.0400. The average molecular weight is 664 g/mol. The summed E-state index contributed by atoms with van der Waals surface area (Å²) in [6.07, 6.45) is 0. The van der Waals surface area contributed by atoms with Crippen LogP contribution >= 0.6 is 0 Å². The van der Waals surface area contributed by atoms with Crippen LogP contribution < -0.4 is 4.90 Å². The molecule has 1 unspecified atom stereocenters. The van der Waals surface area contributed by atoms with Crippen molar-refractivity contribution in [1.82, 2.24) is 0 Å². The van der Waals surface area contributed by atoms with Crippen molar-refractivity contribution in [3.63, 3.8) is 0 Å². The molecule has 2 nitrogen and oxygen atoms in total. The molecule has 0 amide bonds. The summed E-state index contributed by atoms with van der Waals surface area (Å²) < 4.78 is 6.61. The van der Waals surface area contributed by atoms with Gasteiger partial charge in [-0.2, -0.15) is 0 Å². The molecule has 8 aromatic carbocycles. The number of hydrogen-bond donors (Lipinski definition) is 0. The molecule has 1 aliphatic carbocycles. The number of para-hydroxylation sites is 1. The largest absolute Gasteiger partial charge is 0.456 e. The van der Waals surface area contributed by atoms with E-state index in [9.17, 15) is 0 Å². The molecule has 1 aliphatic heterocycles. The number of nitrogens with zero attached hydrogens (tertiary/aromatic N) is 1. The van der Waals surface area contributed by atoms with Crippen molar-refractivity contribution in [2.24, 2.45) is 0 Å². The van der Waals surface area contributed by atoms with Crippen LogP contribution in [-0.2, 0) is 5.41 Å². The van der Waals surface area contributed by atoms with Gasteiger partial charge in [-0.1, -0.05) is 140 Å². The second-order valence-corrected chi connectivity index (χ2v) is 14.2. The number of fused-ring (bicyclic) bond motifs is 6. The zero-order chi connectivity index (χ0) is 34.4. The van der Waals surface area contributed by atoms with E-state index in [4.69, 9.17) is 4.42 Å². The minimum absolute atomic E-state index is 0.328. The summed E-state index contributed by atoms with van der Waals surface area (Å²) in [6.45, 7) is 2.39. The molecule has 2 heteroatoms. The third kappa shape index (κ3) is 4.01. The fourth-order valence-corrected chi connectivity index (χ4v) is 9.08. The molecule has 0 fully saturated rings. The predicted octanol–water partition coefficient (Wildman–Crippen LogP) is 13.7. The van der Waals surface area contributed by atoms with Crippen molar-refractivity contribution in [3.8, 4) is 44.5 Å². The van der Waals surface area contributed by atoms with Crippen LogP contribution in [0, 0.1) is 0 Å². The van der Waals surface area contributed by atoms with Gasteiger partial charge in [0.25, 0.3) is 0 Å². The molecule has 2 aliphatic rings. The van der Waals surface area contributed by atoms with Crippen molar-refractivity contribution in [2.45, 2.75) is 12.3 Å². The summed E-state index contributed by atoms with van der Waals surface area (Å²) in [4.78, 5) is 2.47. The molecule has 52 heavy (non-hydrogen) atoms. The molecule has 9 aromatic rings. The maximum Gasteiger partial charge on any atom is 0.137 e. The van der Waals surface area contributed by atoms with Crippen LogP contribution in [0.15, 0.2) is 186 Å². The van der Waals surface area contributed by atoms with E-state index in [2.05, 4.69) is 194 Å². The Balaban J connectivity index is 1.21.